The quantitative estimate of drug-likeness (QED) is 0.705. The lowest BCUT2D eigenvalue weighted by Gasteiger charge is -2.19. The number of aliphatic hydroxyl groups is 1. The van der Waals surface area contributed by atoms with E-state index in [2.05, 4.69) is 67.9 Å². The molecule has 2 atom stereocenters. The van der Waals surface area contributed by atoms with E-state index in [0.29, 0.717) is 13.1 Å². The molecule has 3 nitrogen and oxygen atoms in total. The molecule has 2 N–H and O–H groups in total. The van der Waals surface area contributed by atoms with Crippen molar-refractivity contribution < 1.29 is 5.11 Å². The molecule has 0 aliphatic heterocycles. The zero-order chi connectivity index (χ0) is 18.0. The summed E-state index contributed by atoms with van der Waals surface area (Å²) in [6.07, 6.45) is -0.429. The summed E-state index contributed by atoms with van der Waals surface area (Å²) in [4.78, 5) is 0. The maximum absolute atomic E-state index is 10.6. The number of hydrogen-bond acceptors (Lipinski definition) is 2. The molecule has 0 radical (unpaired) electrons. The van der Waals surface area contributed by atoms with Crippen LogP contribution in [0.2, 0.25) is 0 Å². The lowest BCUT2D eigenvalue weighted by atomic mass is 10.1. The fraction of sp³-hybridized carbons (Fsp3) is 0.364. The van der Waals surface area contributed by atoms with E-state index in [4.69, 9.17) is 0 Å². The van der Waals surface area contributed by atoms with E-state index in [0.717, 1.165) is 0 Å². The Morgan fingerprint density at radius 3 is 2.48 bits per heavy atom. The Bertz CT molecular complexity index is 851. The van der Waals surface area contributed by atoms with E-state index >= 15 is 0 Å². The molecule has 0 fully saturated rings. The van der Waals surface area contributed by atoms with E-state index in [-0.39, 0.29) is 6.04 Å². The third-order valence-corrected chi connectivity index (χ3v) is 5.15. The molecule has 0 saturated heterocycles. The standard InChI is InChI=1S/C22H28N2O/c1-15-10-11-22-21(12-15)16(2)18(4)24(22)14-20(25)13-23-17(3)19-8-6-5-7-9-19/h5-12,17,20,23,25H,13-14H2,1-4H3/t17-,20+/m0/s1. The number of nitrogens with zero attached hydrogens (tertiary/aromatic N) is 1. The van der Waals surface area contributed by atoms with Gasteiger partial charge >= 0.3 is 0 Å². The summed E-state index contributed by atoms with van der Waals surface area (Å²) >= 11 is 0. The fourth-order valence-electron chi connectivity index (χ4n) is 3.45. The van der Waals surface area contributed by atoms with Crippen LogP contribution in [0.3, 0.4) is 0 Å². The molecule has 2 aromatic carbocycles. The van der Waals surface area contributed by atoms with E-state index < -0.39 is 6.10 Å². The second-order valence-electron chi connectivity index (χ2n) is 7.04. The summed E-state index contributed by atoms with van der Waals surface area (Å²) < 4.78 is 2.24. The molecule has 0 bridgehead atoms. The van der Waals surface area contributed by atoms with Crippen LogP contribution in [-0.4, -0.2) is 22.3 Å². The number of rotatable bonds is 6. The fourth-order valence-corrected chi connectivity index (χ4v) is 3.45. The van der Waals surface area contributed by atoms with E-state index in [1.165, 1.54) is 33.3 Å². The second-order valence-corrected chi connectivity index (χ2v) is 7.04. The van der Waals surface area contributed by atoms with Gasteiger partial charge in [0.2, 0.25) is 0 Å². The lowest BCUT2D eigenvalue weighted by Crippen LogP contribution is -2.32. The van der Waals surface area contributed by atoms with E-state index in [1.807, 2.05) is 18.2 Å². The molecule has 3 heteroatoms. The van der Waals surface area contributed by atoms with Gasteiger partial charge in [-0.2, -0.15) is 0 Å². The van der Waals surface area contributed by atoms with E-state index in [1.54, 1.807) is 0 Å². The second kappa shape index (κ2) is 7.42. The van der Waals surface area contributed by atoms with Gasteiger partial charge in [0, 0.05) is 29.2 Å². The molecule has 0 aliphatic carbocycles. The van der Waals surface area contributed by atoms with Gasteiger partial charge in [-0.15, -0.1) is 0 Å². The normalized spacial score (nSPS) is 14.0. The summed E-state index contributed by atoms with van der Waals surface area (Å²) in [5, 5.41) is 15.3. The van der Waals surface area contributed by atoms with E-state index in [9.17, 15) is 5.11 Å². The third kappa shape index (κ3) is 3.78. The first-order chi connectivity index (χ1) is 12.0. The van der Waals surface area contributed by atoms with Gasteiger partial charge in [0.05, 0.1) is 12.6 Å². The molecule has 0 aliphatic rings. The highest BCUT2D eigenvalue weighted by Crippen LogP contribution is 2.26. The number of fused-ring (bicyclic) bond motifs is 1. The van der Waals surface area contributed by atoms with Crippen LogP contribution in [-0.2, 0) is 6.54 Å². The molecule has 0 saturated carbocycles. The number of aromatic nitrogens is 1. The minimum atomic E-state index is -0.429. The average Bonchev–Trinajstić information content (AvgIpc) is 2.85. The first-order valence-electron chi connectivity index (χ1n) is 9.00. The minimum absolute atomic E-state index is 0.225. The SMILES string of the molecule is Cc1ccc2c(c1)c(C)c(C)n2C[C@H](O)CN[C@@H](C)c1ccccc1. The predicted molar refractivity (Wildman–Crippen MR) is 105 cm³/mol. The van der Waals surface area contributed by atoms with Gasteiger partial charge < -0.3 is 15.0 Å². The Kier molecular flexibility index (Phi) is 5.26. The number of aryl methyl sites for hydroxylation is 2. The van der Waals surface area contributed by atoms with Gasteiger partial charge in [0.25, 0.3) is 0 Å². The van der Waals surface area contributed by atoms with Crippen LogP contribution >= 0.6 is 0 Å². The van der Waals surface area contributed by atoms with Crippen LogP contribution in [0.1, 0.15) is 35.3 Å². The van der Waals surface area contributed by atoms with Crippen molar-refractivity contribution in [2.75, 3.05) is 6.54 Å². The van der Waals surface area contributed by atoms with Crippen LogP contribution in [0.25, 0.3) is 10.9 Å². The lowest BCUT2D eigenvalue weighted by molar-refractivity contribution is 0.149. The minimum Gasteiger partial charge on any atom is -0.390 e. The van der Waals surface area contributed by atoms with Crippen molar-refractivity contribution in [1.29, 1.82) is 0 Å². The highest BCUT2D eigenvalue weighted by molar-refractivity contribution is 5.85. The number of nitrogens with one attached hydrogen (secondary N) is 1. The maximum Gasteiger partial charge on any atom is 0.0843 e. The Labute approximate surface area is 150 Å². The zero-order valence-corrected chi connectivity index (χ0v) is 15.6. The van der Waals surface area contributed by atoms with Crippen molar-refractivity contribution in [1.82, 2.24) is 9.88 Å². The Morgan fingerprint density at radius 2 is 1.76 bits per heavy atom. The molecule has 3 aromatic rings. The highest BCUT2D eigenvalue weighted by atomic mass is 16.3. The summed E-state index contributed by atoms with van der Waals surface area (Å²) in [7, 11) is 0. The third-order valence-electron chi connectivity index (χ3n) is 5.15. The molecule has 25 heavy (non-hydrogen) atoms. The summed E-state index contributed by atoms with van der Waals surface area (Å²) in [6.45, 7) is 9.72. The van der Waals surface area contributed by atoms with Crippen LogP contribution in [0.4, 0.5) is 0 Å². The van der Waals surface area contributed by atoms with Crippen LogP contribution in [0.15, 0.2) is 48.5 Å². The molecule has 0 spiro atoms. The summed E-state index contributed by atoms with van der Waals surface area (Å²) in [6, 6.07) is 17.1. The van der Waals surface area contributed by atoms with Crippen molar-refractivity contribution in [3.63, 3.8) is 0 Å². The maximum atomic E-state index is 10.6. The molecule has 3 rings (SSSR count). The molecular weight excluding hydrogens is 308 g/mol. The van der Waals surface area contributed by atoms with Gasteiger partial charge in [-0.1, -0.05) is 42.0 Å². The molecule has 0 unspecified atom stereocenters. The first-order valence-corrected chi connectivity index (χ1v) is 9.00. The molecule has 1 aromatic heterocycles. The van der Waals surface area contributed by atoms with Gasteiger partial charge in [0.1, 0.15) is 0 Å². The van der Waals surface area contributed by atoms with Crippen molar-refractivity contribution in [2.24, 2.45) is 0 Å². The highest BCUT2D eigenvalue weighted by Gasteiger charge is 2.15. The topological polar surface area (TPSA) is 37.2 Å². The Hall–Kier alpha value is -2.10. The van der Waals surface area contributed by atoms with Crippen LogP contribution in [0, 0.1) is 20.8 Å². The van der Waals surface area contributed by atoms with Gasteiger partial charge in [0.15, 0.2) is 0 Å². The molecular formula is C22H28N2O. The average molecular weight is 336 g/mol. The van der Waals surface area contributed by atoms with Crippen molar-refractivity contribution in [3.05, 3.63) is 70.9 Å². The van der Waals surface area contributed by atoms with Gasteiger partial charge in [-0.3, -0.25) is 0 Å². The molecule has 1 heterocycles. The first kappa shape index (κ1) is 17.7. The Morgan fingerprint density at radius 1 is 1.04 bits per heavy atom. The van der Waals surface area contributed by atoms with Gasteiger partial charge in [-0.05, 0) is 51.0 Å². The van der Waals surface area contributed by atoms with Crippen molar-refractivity contribution >= 4 is 10.9 Å². The van der Waals surface area contributed by atoms with Crippen molar-refractivity contribution in [3.8, 4) is 0 Å². The largest absolute Gasteiger partial charge is 0.390 e. The molecule has 0 amide bonds. The predicted octanol–water partition coefficient (Wildman–Crippen LogP) is 4.28. The van der Waals surface area contributed by atoms with Crippen LogP contribution in [0.5, 0.6) is 0 Å². The number of hydrogen-bond donors (Lipinski definition) is 2. The number of aliphatic hydroxyl groups excluding tert-OH is 1. The molecule has 132 valence electrons. The Balaban J connectivity index is 1.70. The van der Waals surface area contributed by atoms with Crippen LogP contribution < -0.4 is 5.32 Å². The van der Waals surface area contributed by atoms with Crippen molar-refractivity contribution in [2.45, 2.75) is 46.4 Å². The smallest absolute Gasteiger partial charge is 0.0843 e. The number of benzene rings is 2. The summed E-state index contributed by atoms with van der Waals surface area (Å²) in [5.41, 5.74) is 6.25. The monoisotopic (exact) mass is 336 g/mol. The van der Waals surface area contributed by atoms with Gasteiger partial charge in [-0.25, -0.2) is 0 Å². The summed E-state index contributed by atoms with van der Waals surface area (Å²) in [5.74, 6) is 0. The zero-order valence-electron chi connectivity index (χ0n) is 15.6.